The highest BCUT2D eigenvalue weighted by atomic mass is 16.5. The van der Waals surface area contributed by atoms with Crippen LogP contribution in [0.25, 0.3) is 0 Å². The summed E-state index contributed by atoms with van der Waals surface area (Å²) in [5, 5.41) is 0. The molecule has 1 aliphatic carbocycles. The summed E-state index contributed by atoms with van der Waals surface area (Å²) >= 11 is 0. The van der Waals surface area contributed by atoms with Crippen LogP contribution in [-0.4, -0.2) is 24.3 Å². The van der Waals surface area contributed by atoms with Gasteiger partial charge in [0.05, 0.1) is 12.2 Å². The smallest absolute Gasteiger partial charge is 0.170 e. The van der Waals surface area contributed by atoms with Crippen LogP contribution in [0.4, 0.5) is 0 Å². The summed E-state index contributed by atoms with van der Waals surface area (Å²) < 4.78 is 11.4. The van der Waals surface area contributed by atoms with Gasteiger partial charge in [-0.15, -0.1) is 0 Å². The molecule has 1 aromatic rings. The quantitative estimate of drug-likeness (QED) is 0.799. The fraction of sp³-hybridized carbons (Fsp3) is 0.529. The largest absolute Gasteiger partial charge is 0.493 e. The van der Waals surface area contributed by atoms with Gasteiger partial charge in [-0.25, -0.2) is 0 Å². The second-order valence-corrected chi connectivity index (χ2v) is 5.86. The molecule has 1 fully saturated rings. The van der Waals surface area contributed by atoms with Gasteiger partial charge in [0.1, 0.15) is 23.4 Å². The first-order chi connectivity index (χ1) is 10.1. The number of benzene rings is 1. The van der Waals surface area contributed by atoms with E-state index < -0.39 is 0 Å². The lowest BCUT2D eigenvalue weighted by molar-refractivity contribution is -0.117. The molecule has 0 aromatic heterocycles. The van der Waals surface area contributed by atoms with Crippen LogP contribution in [0.1, 0.15) is 49.0 Å². The number of fused-ring (bicyclic) bond motifs is 1. The van der Waals surface area contributed by atoms with Gasteiger partial charge in [-0.3, -0.25) is 9.59 Å². The molecule has 3 rings (SSSR count). The Balaban J connectivity index is 1.94. The predicted octanol–water partition coefficient (Wildman–Crippen LogP) is 2.96. The number of Topliss-reactive ketones (excluding diaryl/α,β-unsaturated/α-hetero) is 2. The van der Waals surface area contributed by atoms with Crippen LogP contribution in [0.3, 0.4) is 0 Å². The molecule has 4 nitrogen and oxygen atoms in total. The average molecular weight is 288 g/mol. The molecule has 1 aromatic carbocycles. The van der Waals surface area contributed by atoms with Crippen LogP contribution in [-0.2, 0) is 11.2 Å². The van der Waals surface area contributed by atoms with Gasteiger partial charge in [-0.2, -0.15) is 0 Å². The summed E-state index contributed by atoms with van der Waals surface area (Å²) in [5.74, 6) is 1.39. The van der Waals surface area contributed by atoms with Crippen molar-refractivity contribution in [1.82, 2.24) is 0 Å². The van der Waals surface area contributed by atoms with E-state index in [2.05, 4.69) is 0 Å². The highest BCUT2D eigenvalue weighted by Gasteiger charge is 2.32. The maximum Gasteiger partial charge on any atom is 0.170 e. The number of carbonyl (C=O) groups is 2. The number of ketones is 2. The van der Waals surface area contributed by atoms with Crippen LogP contribution >= 0.6 is 0 Å². The first kappa shape index (κ1) is 14.1. The molecule has 21 heavy (non-hydrogen) atoms. The second kappa shape index (κ2) is 5.51. The van der Waals surface area contributed by atoms with Gasteiger partial charge in [0.15, 0.2) is 5.78 Å². The zero-order valence-electron chi connectivity index (χ0n) is 12.5. The van der Waals surface area contributed by atoms with Crippen LogP contribution in [0, 0.1) is 5.92 Å². The van der Waals surface area contributed by atoms with Crippen molar-refractivity contribution in [2.75, 3.05) is 6.61 Å². The molecule has 0 radical (unpaired) electrons. The molecule has 1 heterocycles. The fourth-order valence-corrected chi connectivity index (χ4v) is 3.16. The third kappa shape index (κ3) is 2.67. The van der Waals surface area contributed by atoms with Gasteiger partial charge >= 0.3 is 0 Å². The van der Waals surface area contributed by atoms with E-state index in [1.807, 2.05) is 19.9 Å². The van der Waals surface area contributed by atoms with Gasteiger partial charge < -0.3 is 9.47 Å². The summed E-state index contributed by atoms with van der Waals surface area (Å²) in [7, 11) is 0. The van der Waals surface area contributed by atoms with Crippen molar-refractivity contribution in [3.63, 3.8) is 0 Å². The molecule has 1 aliphatic heterocycles. The number of hydrogen-bond acceptors (Lipinski definition) is 4. The van der Waals surface area contributed by atoms with Crippen molar-refractivity contribution in [1.29, 1.82) is 0 Å². The van der Waals surface area contributed by atoms with Gasteiger partial charge in [0.25, 0.3) is 0 Å². The molecule has 0 saturated heterocycles. The number of rotatable bonds is 4. The van der Waals surface area contributed by atoms with Gasteiger partial charge in [0.2, 0.25) is 0 Å². The Morgan fingerprint density at radius 1 is 1.38 bits per heavy atom. The van der Waals surface area contributed by atoms with Crippen LogP contribution in [0.15, 0.2) is 12.1 Å². The Morgan fingerprint density at radius 2 is 2.19 bits per heavy atom. The van der Waals surface area contributed by atoms with Crippen molar-refractivity contribution in [3.8, 4) is 11.5 Å². The topological polar surface area (TPSA) is 52.6 Å². The van der Waals surface area contributed by atoms with Crippen molar-refractivity contribution in [2.45, 2.75) is 45.6 Å². The molecule has 0 spiro atoms. The maximum absolute atomic E-state index is 12.7. The van der Waals surface area contributed by atoms with Gasteiger partial charge in [-0.05, 0) is 32.4 Å². The Bertz CT molecular complexity index is 591. The predicted molar refractivity (Wildman–Crippen MR) is 78.1 cm³/mol. The summed E-state index contributed by atoms with van der Waals surface area (Å²) in [6.45, 7) is 4.43. The maximum atomic E-state index is 12.7. The molecule has 0 amide bonds. The Hall–Kier alpha value is -1.84. The first-order valence-electron chi connectivity index (χ1n) is 7.60. The van der Waals surface area contributed by atoms with Gasteiger partial charge in [0, 0.05) is 30.7 Å². The van der Waals surface area contributed by atoms with Crippen LogP contribution in [0.2, 0.25) is 0 Å². The standard InChI is InChI=1S/C17H20O4/c1-3-20-16-8-12-6-10(2)21-15(12)9-14(16)17(19)11-4-5-13(18)7-11/h8-11H,3-7H2,1-2H3. The Labute approximate surface area is 124 Å². The highest BCUT2D eigenvalue weighted by molar-refractivity contribution is 6.04. The first-order valence-corrected chi connectivity index (χ1v) is 7.60. The fourth-order valence-electron chi connectivity index (χ4n) is 3.16. The monoisotopic (exact) mass is 288 g/mol. The van der Waals surface area contributed by atoms with E-state index in [-0.39, 0.29) is 23.6 Å². The lowest BCUT2D eigenvalue weighted by Gasteiger charge is -2.14. The normalized spacial score (nSPS) is 23.8. The van der Waals surface area contributed by atoms with E-state index in [0.29, 0.717) is 37.2 Å². The number of ether oxygens (including phenoxy) is 2. The molecule has 0 N–H and O–H groups in total. The Morgan fingerprint density at radius 3 is 2.86 bits per heavy atom. The van der Waals surface area contributed by atoms with Gasteiger partial charge in [-0.1, -0.05) is 0 Å². The average Bonchev–Trinajstić information content (AvgIpc) is 3.02. The molecule has 0 bridgehead atoms. The van der Waals surface area contributed by atoms with E-state index in [4.69, 9.17) is 9.47 Å². The van der Waals surface area contributed by atoms with Crippen LogP contribution in [0.5, 0.6) is 11.5 Å². The van der Waals surface area contributed by atoms with E-state index in [9.17, 15) is 9.59 Å². The summed E-state index contributed by atoms with van der Waals surface area (Å²) in [4.78, 5) is 24.1. The van der Waals surface area contributed by atoms with Crippen molar-refractivity contribution >= 4 is 11.6 Å². The summed E-state index contributed by atoms with van der Waals surface area (Å²) in [6, 6.07) is 3.72. The van der Waals surface area contributed by atoms with E-state index >= 15 is 0 Å². The zero-order valence-corrected chi connectivity index (χ0v) is 12.5. The van der Waals surface area contributed by atoms with Crippen molar-refractivity contribution in [2.24, 2.45) is 5.92 Å². The third-order valence-electron chi connectivity index (χ3n) is 4.18. The van der Waals surface area contributed by atoms with Crippen LogP contribution < -0.4 is 9.47 Å². The molecule has 112 valence electrons. The van der Waals surface area contributed by atoms with E-state index in [0.717, 1.165) is 17.7 Å². The zero-order chi connectivity index (χ0) is 15.0. The lowest BCUT2D eigenvalue weighted by atomic mass is 9.94. The highest BCUT2D eigenvalue weighted by Crippen LogP contribution is 2.37. The molecule has 2 aliphatic rings. The molecular formula is C17H20O4. The summed E-state index contributed by atoms with van der Waals surface area (Å²) in [6.07, 6.45) is 2.49. The second-order valence-electron chi connectivity index (χ2n) is 5.86. The molecule has 2 atom stereocenters. The Kier molecular flexibility index (Phi) is 3.70. The van der Waals surface area contributed by atoms with Crippen molar-refractivity contribution in [3.05, 3.63) is 23.3 Å². The molecule has 2 unspecified atom stereocenters. The minimum absolute atomic E-state index is 0.00949. The van der Waals surface area contributed by atoms with E-state index in [1.165, 1.54) is 0 Å². The SMILES string of the molecule is CCOc1cc2c(cc1C(=O)C1CCC(=O)C1)OC(C)C2. The van der Waals surface area contributed by atoms with Crippen molar-refractivity contribution < 1.29 is 19.1 Å². The minimum atomic E-state index is -0.200. The lowest BCUT2D eigenvalue weighted by Crippen LogP contribution is -2.14. The number of hydrogen-bond donors (Lipinski definition) is 0. The number of carbonyl (C=O) groups excluding carboxylic acids is 2. The molecular weight excluding hydrogens is 268 g/mol. The van der Waals surface area contributed by atoms with E-state index in [1.54, 1.807) is 6.07 Å². The minimum Gasteiger partial charge on any atom is -0.493 e. The molecule has 4 heteroatoms. The third-order valence-corrected chi connectivity index (χ3v) is 4.18. The molecule has 1 saturated carbocycles. The summed E-state index contributed by atoms with van der Waals surface area (Å²) in [5.41, 5.74) is 1.65.